The molecule has 3 rings (SSSR count). The Morgan fingerprint density at radius 1 is 1.33 bits per heavy atom. The molecule has 0 N–H and O–H groups in total. The van der Waals surface area contributed by atoms with Crippen molar-refractivity contribution in [1.82, 2.24) is 19.6 Å². The van der Waals surface area contributed by atoms with Gasteiger partial charge in [-0.25, -0.2) is 0 Å². The van der Waals surface area contributed by atoms with Crippen molar-refractivity contribution in [2.45, 2.75) is 39.2 Å². The summed E-state index contributed by atoms with van der Waals surface area (Å²) in [5.41, 5.74) is 2.21. The summed E-state index contributed by atoms with van der Waals surface area (Å²) >= 11 is 0. The third-order valence-electron chi connectivity index (χ3n) is 5.52. The third-order valence-corrected chi connectivity index (χ3v) is 5.52. The lowest BCUT2D eigenvalue weighted by molar-refractivity contribution is -0.130. The summed E-state index contributed by atoms with van der Waals surface area (Å²) < 4.78 is 7.30. The number of carbonyl (C=O) groups is 1. The van der Waals surface area contributed by atoms with Gasteiger partial charge in [-0.2, -0.15) is 5.10 Å². The highest BCUT2D eigenvalue weighted by Crippen LogP contribution is 2.26. The molecule has 0 bridgehead atoms. The van der Waals surface area contributed by atoms with E-state index in [1.54, 1.807) is 0 Å². The molecule has 24 heavy (non-hydrogen) atoms. The van der Waals surface area contributed by atoms with Gasteiger partial charge in [-0.1, -0.05) is 13.3 Å². The number of morpholine rings is 1. The Balaban J connectivity index is 1.56. The number of ether oxygens (including phenoxy) is 1. The molecule has 2 saturated heterocycles. The summed E-state index contributed by atoms with van der Waals surface area (Å²) in [7, 11) is 1.93. The van der Waals surface area contributed by atoms with E-state index in [0.717, 1.165) is 57.9 Å². The van der Waals surface area contributed by atoms with Gasteiger partial charge in [0.1, 0.15) is 0 Å². The van der Waals surface area contributed by atoms with E-state index >= 15 is 0 Å². The van der Waals surface area contributed by atoms with Gasteiger partial charge in [0.25, 0.3) is 0 Å². The number of hydrogen-bond donors (Lipinski definition) is 0. The van der Waals surface area contributed by atoms with Crippen molar-refractivity contribution in [3.05, 3.63) is 17.5 Å². The lowest BCUT2D eigenvalue weighted by atomic mass is 9.99. The zero-order valence-electron chi connectivity index (χ0n) is 15.2. The van der Waals surface area contributed by atoms with Gasteiger partial charge in [0, 0.05) is 51.9 Å². The first-order chi connectivity index (χ1) is 11.6. The molecular weight excluding hydrogens is 304 g/mol. The fourth-order valence-electron chi connectivity index (χ4n) is 4.08. The minimum Gasteiger partial charge on any atom is -0.379 e. The van der Waals surface area contributed by atoms with E-state index in [1.165, 1.54) is 5.56 Å². The predicted molar refractivity (Wildman–Crippen MR) is 92.8 cm³/mol. The number of rotatable bonds is 5. The van der Waals surface area contributed by atoms with Crippen LogP contribution in [-0.2, 0) is 23.0 Å². The number of likely N-dealkylation sites (tertiary alicyclic amines) is 1. The van der Waals surface area contributed by atoms with E-state index in [1.807, 2.05) is 24.9 Å². The molecule has 3 heterocycles. The van der Waals surface area contributed by atoms with Crippen molar-refractivity contribution in [3.63, 3.8) is 0 Å². The number of nitrogens with zero attached hydrogens (tertiary/aromatic N) is 4. The molecule has 0 aliphatic carbocycles. The van der Waals surface area contributed by atoms with E-state index in [-0.39, 0.29) is 5.91 Å². The molecule has 2 atom stereocenters. The van der Waals surface area contributed by atoms with Crippen molar-refractivity contribution < 1.29 is 9.53 Å². The van der Waals surface area contributed by atoms with Crippen LogP contribution < -0.4 is 0 Å². The zero-order valence-corrected chi connectivity index (χ0v) is 15.2. The Morgan fingerprint density at radius 2 is 2.08 bits per heavy atom. The van der Waals surface area contributed by atoms with Crippen LogP contribution in [0.3, 0.4) is 0 Å². The van der Waals surface area contributed by atoms with E-state index < -0.39 is 0 Å². The van der Waals surface area contributed by atoms with Crippen LogP contribution in [0.5, 0.6) is 0 Å². The second-order valence-electron chi connectivity index (χ2n) is 7.10. The van der Waals surface area contributed by atoms with Crippen LogP contribution in [0.15, 0.2) is 6.20 Å². The molecule has 1 amide bonds. The molecule has 2 fully saturated rings. The highest BCUT2D eigenvalue weighted by atomic mass is 16.5. The summed E-state index contributed by atoms with van der Waals surface area (Å²) in [5, 5.41) is 4.36. The van der Waals surface area contributed by atoms with E-state index in [2.05, 4.69) is 21.8 Å². The number of aromatic nitrogens is 2. The van der Waals surface area contributed by atoms with E-state index in [9.17, 15) is 4.79 Å². The molecule has 0 spiro atoms. The molecule has 0 radical (unpaired) electrons. The van der Waals surface area contributed by atoms with Crippen molar-refractivity contribution in [2.24, 2.45) is 13.0 Å². The molecule has 1 aromatic rings. The Morgan fingerprint density at radius 3 is 2.71 bits per heavy atom. The summed E-state index contributed by atoms with van der Waals surface area (Å²) in [5.74, 6) is 0.875. The van der Waals surface area contributed by atoms with Gasteiger partial charge in [-0.05, 0) is 24.8 Å². The fourth-order valence-corrected chi connectivity index (χ4v) is 4.08. The number of carbonyl (C=O) groups excluding carboxylic acids is 1. The Kier molecular flexibility index (Phi) is 5.56. The maximum Gasteiger partial charge on any atom is 0.222 e. The maximum absolute atomic E-state index is 12.7. The zero-order chi connectivity index (χ0) is 17.1. The van der Waals surface area contributed by atoms with E-state index in [4.69, 9.17) is 4.74 Å². The maximum atomic E-state index is 12.7. The molecular formula is C18H30N4O2. The first kappa shape index (κ1) is 17.4. The van der Waals surface area contributed by atoms with Crippen molar-refractivity contribution in [3.8, 4) is 0 Å². The topological polar surface area (TPSA) is 50.6 Å². The van der Waals surface area contributed by atoms with Gasteiger partial charge >= 0.3 is 0 Å². The van der Waals surface area contributed by atoms with Crippen molar-refractivity contribution in [1.29, 1.82) is 0 Å². The van der Waals surface area contributed by atoms with Gasteiger partial charge < -0.3 is 9.64 Å². The highest BCUT2D eigenvalue weighted by Gasteiger charge is 2.37. The SMILES string of the molecule is CC[C@H]1CN(C(=O)CCc2cn(C)nc2C)C[C@@H]1N1CCOCC1. The monoisotopic (exact) mass is 334 g/mol. The van der Waals surface area contributed by atoms with E-state index in [0.29, 0.717) is 18.4 Å². The Labute approximate surface area is 144 Å². The molecule has 6 heteroatoms. The number of hydrogen-bond acceptors (Lipinski definition) is 4. The summed E-state index contributed by atoms with van der Waals surface area (Å²) in [6.07, 6.45) is 4.53. The molecule has 0 saturated carbocycles. The quantitative estimate of drug-likeness (QED) is 0.813. The second kappa shape index (κ2) is 7.66. The van der Waals surface area contributed by atoms with Crippen LogP contribution in [0, 0.1) is 12.8 Å². The van der Waals surface area contributed by atoms with Gasteiger partial charge in [0.2, 0.25) is 5.91 Å². The van der Waals surface area contributed by atoms with Crippen molar-refractivity contribution >= 4 is 5.91 Å². The van der Waals surface area contributed by atoms with Crippen LogP contribution in [0.25, 0.3) is 0 Å². The van der Waals surface area contributed by atoms with Crippen LogP contribution in [0.4, 0.5) is 0 Å². The largest absolute Gasteiger partial charge is 0.379 e. The van der Waals surface area contributed by atoms with Crippen LogP contribution in [-0.4, -0.2) is 70.9 Å². The van der Waals surface area contributed by atoms with Crippen LogP contribution >= 0.6 is 0 Å². The highest BCUT2D eigenvalue weighted by molar-refractivity contribution is 5.77. The number of aryl methyl sites for hydroxylation is 3. The predicted octanol–water partition coefficient (Wildman–Crippen LogP) is 1.23. The standard InChI is InChI=1S/C18H30N4O2/c1-4-15-12-22(13-17(15)21-7-9-24-10-8-21)18(23)6-5-16-11-20(3)19-14(16)2/h11,15,17H,4-10,12-13H2,1-3H3/t15-,17-/m0/s1. The minimum absolute atomic E-state index is 0.285. The second-order valence-corrected chi connectivity index (χ2v) is 7.10. The fraction of sp³-hybridized carbons (Fsp3) is 0.778. The molecule has 0 unspecified atom stereocenters. The Bertz CT molecular complexity index is 565. The lowest BCUT2D eigenvalue weighted by Gasteiger charge is -2.34. The molecule has 134 valence electrons. The first-order valence-electron chi connectivity index (χ1n) is 9.17. The summed E-state index contributed by atoms with van der Waals surface area (Å²) in [6, 6.07) is 0.503. The van der Waals surface area contributed by atoms with Crippen LogP contribution in [0.1, 0.15) is 31.0 Å². The molecule has 2 aliphatic heterocycles. The molecule has 1 aromatic heterocycles. The Hall–Kier alpha value is -1.40. The lowest BCUT2D eigenvalue weighted by Crippen LogP contribution is -2.47. The average molecular weight is 334 g/mol. The number of amides is 1. The average Bonchev–Trinajstić information content (AvgIpc) is 3.16. The summed E-state index contributed by atoms with van der Waals surface area (Å²) in [6.45, 7) is 9.67. The first-order valence-corrected chi connectivity index (χ1v) is 9.17. The molecule has 6 nitrogen and oxygen atoms in total. The normalized spacial score (nSPS) is 25.4. The molecule has 0 aromatic carbocycles. The van der Waals surface area contributed by atoms with Crippen LogP contribution in [0.2, 0.25) is 0 Å². The molecule has 2 aliphatic rings. The minimum atomic E-state index is 0.285. The van der Waals surface area contributed by atoms with Gasteiger partial charge in [-0.3, -0.25) is 14.4 Å². The summed E-state index contributed by atoms with van der Waals surface area (Å²) in [4.78, 5) is 17.3. The van der Waals surface area contributed by atoms with Crippen molar-refractivity contribution in [2.75, 3.05) is 39.4 Å². The van der Waals surface area contributed by atoms with Gasteiger partial charge in [0.15, 0.2) is 0 Å². The smallest absolute Gasteiger partial charge is 0.222 e. The van der Waals surface area contributed by atoms with Gasteiger partial charge in [-0.15, -0.1) is 0 Å². The third kappa shape index (κ3) is 3.81. The van der Waals surface area contributed by atoms with Gasteiger partial charge in [0.05, 0.1) is 18.9 Å².